The number of hydrogen-bond donors (Lipinski definition) is 3. The molecule has 2 aromatic rings. The van der Waals surface area contributed by atoms with Gasteiger partial charge in [0.25, 0.3) is 0 Å². The molecule has 0 radical (unpaired) electrons. The zero-order valence-corrected chi connectivity index (χ0v) is 32.4. The number of nitrogens with one attached hydrogen (secondary N) is 2. The maximum atomic E-state index is 14.2. The van der Waals surface area contributed by atoms with Crippen LogP contribution < -0.4 is 20.1 Å². The van der Waals surface area contributed by atoms with Crippen LogP contribution in [0.4, 0.5) is 4.79 Å². The zero-order chi connectivity index (χ0) is 36.5. The SMILES string of the molecule is CC(C)CN(C(O)(CCNC(=O)CC(C)(C)CNCCCN(C)C(=O)OC(C)(C)C)Cc1ccccc1)S(=O)(=O)c1ccc2c(c1)OCO2.Cl. The summed E-state index contributed by atoms with van der Waals surface area (Å²) in [6.07, 6.45) is 0.574. The second-order valence-electron chi connectivity index (χ2n) is 15.0. The van der Waals surface area contributed by atoms with E-state index in [-0.39, 0.29) is 79.8 Å². The largest absolute Gasteiger partial charge is 0.454 e. The first-order valence-corrected chi connectivity index (χ1v) is 18.4. The summed E-state index contributed by atoms with van der Waals surface area (Å²) >= 11 is 0. The Kier molecular flexibility index (Phi) is 15.9. The highest BCUT2D eigenvalue weighted by atomic mass is 35.5. The number of hydrogen-bond acceptors (Lipinski definition) is 9. The fourth-order valence-corrected chi connectivity index (χ4v) is 7.32. The highest BCUT2D eigenvalue weighted by Gasteiger charge is 2.43. The number of ether oxygens (including phenoxy) is 3. The monoisotopic (exact) mass is 740 g/mol. The van der Waals surface area contributed by atoms with Gasteiger partial charge in [0.15, 0.2) is 11.5 Å². The van der Waals surface area contributed by atoms with Crippen LogP contribution in [0.3, 0.4) is 0 Å². The van der Waals surface area contributed by atoms with Crippen molar-refractivity contribution in [3.63, 3.8) is 0 Å². The molecule has 0 saturated heterocycles. The Morgan fingerprint density at radius 3 is 2.30 bits per heavy atom. The molecule has 0 aromatic heterocycles. The Bertz CT molecular complexity index is 1500. The van der Waals surface area contributed by atoms with Crippen molar-refractivity contribution in [3.8, 4) is 11.5 Å². The van der Waals surface area contributed by atoms with Crippen LogP contribution in [0.1, 0.15) is 73.3 Å². The second kappa shape index (κ2) is 18.4. The average molecular weight is 741 g/mol. The molecule has 2 amide bonds. The van der Waals surface area contributed by atoms with Crippen LogP contribution >= 0.6 is 12.4 Å². The van der Waals surface area contributed by atoms with E-state index in [0.717, 1.165) is 16.3 Å². The molecule has 2 aromatic carbocycles. The van der Waals surface area contributed by atoms with E-state index in [1.54, 1.807) is 18.0 Å². The van der Waals surface area contributed by atoms with Crippen LogP contribution in [0.25, 0.3) is 0 Å². The molecule has 0 spiro atoms. The third-order valence-corrected chi connectivity index (χ3v) is 9.82. The lowest BCUT2D eigenvalue weighted by Crippen LogP contribution is -2.55. The maximum Gasteiger partial charge on any atom is 0.410 e. The van der Waals surface area contributed by atoms with Crippen molar-refractivity contribution in [2.24, 2.45) is 11.3 Å². The van der Waals surface area contributed by atoms with Gasteiger partial charge in [-0.25, -0.2) is 13.2 Å². The molecule has 3 N–H and O–H groups in total. The number of rotatable bonds is 18. The van der Waals surface area contributed by atoms with Crippen molar-refractivity contribution in [3.05, 3.63) is 54.1 Å². The number of carbonyl (C=O) groups excluding carboxylic acids is 2. The molecule has 0 bridgehead atoms. The number of benzene rings is 2. The molecule has 0 aliphatic carbocycles. The number of sulfonamides is 1. The summed E-state index contributed by atoms with van der Waals surface area (Å²) in [4.78, 5) is 26.8. The zero-order valence-electron chi connectivity index (χ0n) is 30.8. The molecular formula is C36H57ClN4O8S. The van der Waals surface area contributed by atoms with Crippen molar-refractivity contribution in [1.82, 2.24) is 19.8 Å². The summed E-state index contributed by atoms with van der Waals surface area (Å²) in [7, 11) is -2.50. The van der Waals surface area contributed by atoms with Gasteiger partial charge in [-0.05, 0) is 62.8 Å². The number of fused-ring (bicyclic) bond motifs is 1. The van der Waals surface area contributed by atoms with Gasteiger partial charge in [-0.1, -0.05) is 58.0 Å². The van der Waals surface area contributed by atoms with Gasteiger partial charge in [0, 0.05) is 58.6 Å². The molecular weight excluding hydrogens is 684 g/mol. The van der Waals surface area contributed by atoms with Crippen molar-refractivity contribution in [2.45, 2.75) is 90.4 Å². The number of aliphatic hydroxyl groups is 1. The molecule has 1 aliphatic rings. The van der Waals surface area contributed by atoms with Crippen molar-refractivity contribution < 1.29 is 37.3 Å². The molecule has 282 valence electrons. The van der Waals surface area contributed by atoms with E-state index in [1.807, 2.05) is 78.8 Å². The highest BCUT2D eigenvalue weighted by molar-refractivity contribution is 7.89. The molecule has 14 heteroatoms. The molecule has 1 unspecified atom stereocenters. The number of carbonyl (C=O) groups is 2. The van der Waals surface area contributed by atoms with E-state index < -0.39 is 21.3 Å². The molecule has 50 heavy (non-hydrogen) atoms. The number of halogens is 1. The van der Waals surface area contributed by atoms with Crippen molar-refractivity contribution in [2.75, 3.05) is 46.6 Å². The van der Waals surface area contributed by atoms with Gasteiger partial charge in [-0.3, -0.25) is 4.79 Å². The van der Waals surface area contributed by atoms with Gasteiger partial charge in [-0.2, -0.15) is 4.31 Å². The fourth-order valence-electron chi connectivity index (χ4n) is 5.47. The highest BCUT2D eigenvalue weighted by Crippen LogP contribution is 2.37. The minimum absolute atomic E-state index is 0. The Morgan fingerprint density at radius 1 is 1.00 bits per heavy atom. The third kappa shape index (κ3) is 13.2. The summed E-state index contributed by atoms with van der Waals surface area (Å²) in [5.41, 5.74) is -2.02. The van der Waals surface area contributed by atoms with E-state index in [9.17, 15) is 23.1 Å². The first kappa shape index (κ1) is 43.1. The Morgan fingerprint density at radius 2 is 1.66 bits per heavy atom. The van der Waals surface area contributed by atoms with Crippen LogP contribution in [-0.2, 0) is 26.0 Å². The van der Waals surface area contributed by atoms with E-state index >= 15 is 0 Å². The minimum Gasteiger partial charge on any atom is -0.454 e. The molecule has 1 heterocycles. The van der Waals surface area contributed by atoms with E-state index in [2.05, 4.69) is 10.6 Å². The van der Waals surface area contributed by atoms with Crippen molar-refractivity contribution >= 4 is 34.4 Å². The predicted octanol–water partition coefficient (Wildman–Crippen LogP) is 5.18. The van der Waals surface area contributed by atoms with Crippen LogP contribution in [0.2, 0.25) is 0 Å². The van der Waals surface area contributed by atoms with Crippen LogP contribution in [0, 0.1) is 11.3 Å². The Labute approximate surface area is 304 Å². The minimum atomic E-state index is -4.21. The van der Waals surface area contributed by atoms with Gasteiger partial charge in [0.2, 0.25) is 22.7 Å². The van der Waals surface area contributed by atoms with Gasteiger partial charge < -0.3 is 34.9 Å². The van der Waals surface area contributed by atoms with Crippen molar-refractivity contribution in [1.29, 1.82) is 0 Å². The molecule has 1 atom stereocenters. The van der Waals surface area contributed by atoms with E-state index in [1.165, 1.54) is 12.1 Å². The number of nitrogens with zero attached hydrogens (tertiary/aromatic N) is 2. The Balaban J connectivity index is 0.00000867. The second-order valence-corrected chi connectivity index (χ2v) is 16.8. The molecule has 3 rings (SSSR count). The van der Waals surface area contributed by atoms with Gasteiger partial charge in [0.1, 0.15) is 11.3 Å². The average Bonchev–Trinajstić information content (AvgIpc) is 3.47. The predicted molar refractivity (Wildman–Crippen MR) is 196 cm³/mol. The lowest BCUT2D eigenvalue weighted by molar-refractivity contribution is -0.123. The normalized spacial score (nSPS) is 14.2. The topological polar surface area (TPSA) is 147 Å². The first-order valence-electron chi connectivity index (χ1n) is 16.9. The number of amides is 2. The lowest BCUT2D eigenvalue weighted by atomic mass is 9.88. The Hall–Kier alpha value is -3.10. The summed E-state index contributed by atoms with van der Waals surface area (Å²) in [5.74, 6) is 0.481. The lowest BCUT2D eigenvalue weighted by Gasteiger charge is -2.40. The standard InChI is InChI=1S/C36H56N4O8S.ClH/c1-27(2)24-40(49(44,45)29-15-16-30-31(21-29)47-26-46-30)36(43,22-28-13-10-9-11-14-28)17-19-38-32(41)23-35(6,7)25-37-18-12-20-39(8)33(42)48-34(3,4)5;/h9-11,13-16,21,27,37,43H,12,17-20,22-26H2,1-8H3,(H,38,41);1H. The molecule has 0 saturated carbocycles. The molecule has 12 nitrogen and oxygen atoms in total. The van der Waals surface area contributed by atoms with Crippen LogP contribution in [0.15, 0.2) is 53.4 Å². The van der Waals surface area contributed by atoms with Crippen LogP contribution in [-0.4, -0.2) is 92.6 Å². The van der Waals surface area contributed by atoms with E-state index in [0.29, 0.717) is 31.1 Å². The smallest absolute Gasteiger partial charge is 0.410 e. The van der Waals surface area contributed by atoms with Gasteiger partial charge >= 0.3 is 6.09 Å². The summed E-state index contributed by atoms with van der Waals surface area (Å²) in [6.45, 7) is 15.1. The first-order chi connectivity index (χ1) is 22.8. The quantitative estimate of drug-likeness (QED) is 0.139. The summed E-state index contributed by atoms with van der Waals surface area (Å²) in [5, 5.41) is 18.6. The fraction of sp³-hybridized carbons (Fsp3) is 0.611. The molecule has 0 fully saturated rings. The summed E-state index contributed by atoms with van der Waals surface area (Å²) in [6, 6.07) is 13.7. The summed E-state index contributed by atoms with van der Waals surface area (Å²) < 4.78 is 45.8. The van der Waals surface area contributed by atoms with Gasteiger partial charge in [-0.15, -0.1) is 12.4 Å². The third-order valence-electron chi connectivity index (χ3n) is 7.90. The van der Waals surface area contributed by atoms with Gasteiger partial charge in [0.05, 0.1) is 4.90 Å². The molecule has 1 aliphatic heterocycles. The van der Waals surface area contributed by atoms with Crippen LogP contribution in [0.5, 0.6) is 11.5 Å². The van der Waals surface area contributed by atoms with E-state index in [4.69, 9.17) is 14.2 Å². The maximum absolute atomic E-state index is 14.2.